The van der Waals surface area contributed by atoms with Crippen LogP contribution in [0.5, 0.6) is 0 Å². The van der Waals surface area contributed by atoms with Crippen LogP contribution in [-0.4, -0.2) is 0 Å². The van der Waals surface area contributed by atoms with Gasteiger partial charge in [-0.1, -0.05) is 80.5 Å². The molecule has 0 spiro atoms. The van der Waals surface area contributed by atoms with Gasteiger partial charge in [0, 0.05) is 10.8 Å². The number of allylic oxidation sites excluding steroid dienone is 7. The van der Waals surface area contributed by atoms with Crippen LogP contribution in [0.1, 0.15) is 57.7 Å². The second-order valence-electron chi connectivity index (χ2n) is 8.45. The van der Waals surface area contributed by atoms with Crippen molar-refractivity contribution >= 4 is 6.08 Å². The van der Waals surface area contributed by atoms with Crippen molar-refractivity contribution in [2.45, 2.75) is 52.9 Å². The van der Waals surface area contributed by atoms with Crippen molar-refractivity contribution in [3.8, 4) is 0 Å². The Morgan fingerprint density at radius 3 is 2.71 bits per heavy atom. The zero-order valence-corrected chi connectivity index (χ0v) is 15.6. The molecule has 2 bridgehead atoms. The number of hydrogen-bond acceptors (Lipinski definition) is 0. The lowest BCUT2D eigenvalue weighted by molar-refractivity contribution is 0.354. The van der Waals surface area contributed by atoms with Crippen molar-refractivity contribution in [1.82, 2.24) is 0 Å². The van der Waals surface area contributed by atoms with Gasteiger partial charge in [0.15, 0.2) is 0 Å². The first-order valence-corrected chi connectivity index (χ1v) is 9.24. The maximum absolute atomic E-state index is 2.48. The van der Waals surface area contributed by atoms with Gasteiger partial charge in [-0.25, -0.2) is 0 Å². The molecule has 0 heteroatoms. The monoisotopic (exact) mass is 316 g/mol. The number of rotatable bonds is 1. The van der Waals surface area contributed by atoms with E-state index < -0.39 is 0 Å². The zero-order valence-electron chi connectivity index (χ0n) is 15.6. The molecule has 0 saturated carbocycles. The van der Waals surface area contributed by atoms with Gasteiger partial charge in [-0.05, 0) is 54.9 Å². The van der Waals surface area contributed by atoms with Gasteiger partial charge >= 0.3 is 0 Å². The molecule has 2 unspecified atom stereocenters. The molecule has 0 aromatic heterocycles. The van der Waals surface area contributed by atoms with Gasteiger partial charge in [-0.3, -0.25) is 0 Å². The Kier molecular flexibility index (Phi) is 3.33. The van der Waals surface area contributed by atoms with Gasteiger partial charge < -0.3 is 0 Å². The Hall–Kier alpha value is -1.82. The van der Waals surface area contributed by atoms with Crippen LogP contribution in [0.25, 0.3) is 6.08 Å². The summed E-state index contributed by atoms with van der Waals surface area (Å²) in [6.07, 6.45) is 14.2. The van der Waals surface area contributed by atoms with Crippen molar-refractivity contribution in [1.29, 1.82) is 0 Å². The lowest BCUT2D eigenvalue weighted by atomic mass is 9.57. The highest BCUT2D eigenvalue weighted by Gasteiger charge is 2.44. The van der Waals surface area contributed by atoms with E-state index in [2.05, 4.69) is 83.2 Å². The van der Waals surface area contributed by atoms with Crippen LogP contribution in [0, 0.1) is 11.3 Å². The van der Waals surface area contributed by atoms with Gasteiger partial charge in [-0.2, -0.15) is 0 Å². The van der Waals surface area contributed by atoms with E-state index in [4.69, 9.17) is 0 Å². The van der Waals surface area contributed by atoms with Crippen LogP contribution in [0.2, 0.25) is 0 Å². The Labute approximate surface area is 146 Å². The molecule has 0 heterocycles. The summed E-state index contributed by atoms with van der Waals surface area (Å²) >= 11 is 0. The Bertz CT molecular complexity index is 826. The molecule has 0 amide bonds. The first-order valence-electron chi connectivity index (χ1n) is 9.24. The third-order valence-electron chi connectivity index (χ3n) is 6.57. The van der Waals surface area contributed by atoms with Crippen LogP contribution in [0.3, 0.4) is 0 Å². The molecule has 0 fully saturated rings. The molecule has 1 aromatic rings. The highest BCUT2D eigenvalue weighted by atomic mass is 14.5. The fourth-order valence-electron chi connectivity index (χ4n) is 5.49. The first kappa shape index (κ1) is 15.7. The van der Waals surface area contributed by atoms with Gasteiger partial charge in [0.25, 0.3) is 0 Å². The topological polar surface area (TPSA) is 0 Å². The summed E-state index contributed by atoms with van der Waals surface area (Å²) in [6.45, 7) is 11.7. The molecule has 124 valence electrons. The molecule has 2 atom stereocenters. The molecule has 0 nitrogen and oxygen atoms in total. The summed E-state index contributed by atoms with van der Waals surface area (Å²) < 4.78 is 0. The summed E-state index contributed by atoms with van der Waals surface area (Å²) in [7, 11) is 0. The maximum atomic E-state index is 2.48. The van der Waals surface area contributed by atoms with Crippen molar-refractivity contribution in [2.75, 3.05) is 0 Å². The van der Waals surface area contributed by atoms with Crippen molar-refractivity contribution < 1.29 is 0 Å². The maximum Gasteiger partial charge on any atom is 0.0151 e. The van der Waals surface area contributed by atoms with E-state index in [1.54, 1.807) is 16.7 Å². The highest BCUT2D eigenvalue weighted by molar-refractivity contribution is 5.67. The molecule has 24 heavy (non-hydrogen) atoms. The van der Waals surface area contributed by atoms with Crippen molar-refractivity contribution in [3.63, 3.8) is 0 Å². The Balaban J connectivity index is 2.09. The molecular formula is C24H28. The zero-order chi connectivity index (χ0) is 17.1. The molecule has 0 aliphatic heterocycles. The standard InChI is InChI=1S/C24H28/c1-6-13-24(5)14-12-17-8-7-9-20-18(17)15-19-21(24)11-10-16(2)22(19)23(20,3)4/h6-10,12-14,21H,11,15H2,1-5H3/b13-6?,14-12-. The van der Waals surface area contributed by atoms with E-state index in [1.165, 1.54) is 16.7 Å². The third kappa shape index (κ3) is 1.98. The van der Waals surface area contributed by atoms with Crippen LogP contribution in [0.15, 0.2) is 59.2 Å². The lowest BCUT2D eigenvalue weighted by Gasteiger charge is -2.47. The van der Waals surface area contributed by atoms with E-state index in [9.17, 15) is 0 Å². The van der Waals surface area contributed by atoms with Crippen LogP contribution >= 0.6 is 0 Å². The van der Waals surface area contributed by atoms with Gasteiger partial charge in [0.2, 0.25) is 0 Å². The van der Waals surface area contributed by atoms with E-state index in [0.29, 0.717) is 5.92 Å². The molecule has 0 N–H and O–H groups in total. The molecule has 3 aliphatic rings. The second-order valence-corrected chi connectivity index (χ2v) is 8.45. The predicted octanol–water partition coefficient (Wildman–Crippen LogP) is 6.39. The highest BCUT2D eigenvalue weighted by Crippen LogP contribution is 2.54. The summed E-state index contributed by atoms with van der Waals surface area (Å²) in [5.74, 6) is 0.574. The van der Waals surface area contributed by atoms with Crippen LogP contribution in [-0.2, 0) is 11.8 Å². The molecule has 0 saturated heterocycles. The molecule has 3 aliphatic carbocycles. The summed E-state index contributed by atoms with van der Waals surface area (Å²) in [6, 6.07) is 6.87. The third-order valence-corrected chi connectivity index (χ3v) is 6.57. The summed E-state index contributed by atoms with van der Waals surface area (Å²) in [4.78, 5) is 0. The molecule has 1 aromatic carbocycles. The van der Waals surface area contributed by atoms with Crippen molar-refractivity contribution in [2.24, 2.45) is 11.3 Å². The van der Waals surface area contributed by atoms with Gasteiger partial charge in [-0.15, -0.1) is 0 Å². The van der Waals surface area contributed by atoms with Crippen molar-refractivity contribution in [3.05, 3.63) is 75.9 Å². The molecule has 0 radical (unpaired) electrons. The molecule has 4 rings (SSSR count). The minimum absolute atomic E-state index is 0.0909. The normalized spacial score (nSPS) is 31.5. The molecular weight excluding hydrogens is 288 g/mol. The van der Waals surface area contributed by atoms with E-state index in [0.717, 1.165) is 12.8 Å². The van der Waals surface area contributed by atoms with Gasteiger partial charge in [0.1, 0.15) is 0 Å². The first-order chi connectivity index (χ1) is 11.4. The van der Waals surface area contributed by atoms with E-state index in [1.807, 2.05) is 0 Å². The fourth-order valence-corrected chi connectivity index (χ4v) is 5.49. The lowest BCUT2D eigenvalue weighted by Crippen LogP contribution is -2.37. The Morgan fingerprint density at radius 1 is 1.17 bits per heavy atom. The van der Waals surface area contributed by atoms with Gasteiger partial charge in [0.05, 0.1) is 0 Å². The smallest absolute Gasteiger partial charge is 0.0151 e. The predicted molar refractivity (Wildman–Crippen MR) is 104 cm³/mol. The second kappa shape index (κ2) is 5.09. The fraction of sp³-hybridized carbons (Fsp3) is 0.417. The average Bonchev–Trinajstić information content (AvgIpc) is 2.52. The van der Waals surface area contributed by atoms with Crippen LogP contribution in [0.4, 0.5) is 0 Å². The Morgan fingerprint density at radius 2 is 1.96 bits per heavy atom. The summed E-state index contributed by atoms with van der Waals surface area (Å²) in [5, 5.41) is 0. The largest absolute Gasteiger partial charge is 0.0908 e. The number of benzene rings is 1. The number of hydrogen-bond donors (Lipinski definition) is 0. The summed E-state index contributed by atoms with van der Waals surface area (Å²) in [5.41, 5.74) is 9.46. The minimum atomic E-state index is 0.0909. The quantitative estimate of drug-likeness (QED) is 0.526. The average molecular weight is 316 g/mol. The minimum Gasteiger partial charge on any atom is -0.0908 e. The SMILES string of the molecule is CC=CC1(C)/C=C\c2cccc3c2CC2=C(C(C)=CCC21)C3(C)C. The van der Waals surface area contributed by atoms with E-state index >= 15 is 0 Å². The van der Waals surface area contributed by atoms with Crippen LogP contribution < -0.4 is 0 Å². The van der Waals surface area contributed by atoms with E-state index in [-0.39, 0.29) is 10.8 Å².